The van der Waals surface area contributed by atoms with E-state index in [0.29, 0.717) is 5.69 Å². The predicted molar refractivity (Wildman–Crippen MR) is 136 cm³/mol. The van der Waals surface area contributed by atoms with Gasteiger partial charge in [0.05, 0.1) is 51.0 Å². The van der Waals surface area contributed by atoms with E-state index in [1.54, 1.807) is 13.1 Å². The largest absolute Gasteiger partial charge is 0.373 e. The first-order valence-electron chi connectivity index (χ1n) is 13.1. The molecule has 1 amide bonds. The van der Waals surface area contributed by atoms with Crippen LogP contribution in [0.2, 0.25) is 0 Å². The van der Waals surface area contributed by atoms with Crippen molar-refractivity contribution in [1.82, 2.24) is 19.4 Å². The molecule has 0 spiro atoms. The maximum atomic E-state index is 14.1. The summed E-state index contributed by atoms with van der Waals surface area (Å²) in [6, 6.07) is 2.84. The Labute approximate surface area is 213 Å². The molecule has 2 aliphatic heterocycles. The number of fused-ring (bicyclic) bond motifs is 5. The summed E-state index contributed by atoms with van der Waals surface area (Å²) in [7, 11) is -2.35. The van der Waals surface area contributed by atoms with Crippen molar-refractivity contribution in [2.75, 3.05) is 16.8 Å². The number of rotatable bonds is 7. The van der Waals surface area contributed by atoms with Gasteiger partial charge in [0.2, 0.25) is 16.0 Å². The standard InChI is InChI=1S/C25H29N7O3S/c1-4-10-26-19-12-21-17(11-22(19)36(34,35)29-25(2)8-9-25)23(33)31(15-16-13-27-30(3)14-16)24-28-18-6-5-7-20(18)32(21)24/h1,11-14,18,20,26,29H,5-10,15H2,2-3H3/t18-,20+/m0/s1/i15D2. The molecular formula is C25H29N7O3S. The number of aromatic nitrogens is 2. The van der Waals surface area contributed by atoms with Crippen molar-refractivity contribution in [3.05, 3.63) is 35.7 Å². The molecule has 2 saturated carbocycles. The van der Waals surface area contributed by atoms with Crippen LogP contribution >= 0.6 is 0 Å². The number of guanidine groups is 1. The fourth-order valence-electron chi connectivity index (χ4n) is 5.22. The van der Waals surface area contributed by atoms with E-state index in [4.69, 9.17) is 14.2 Å². The SMILES string of the molecule is [2H]C([2H])(c1cnn(C)c1)N1C(=O)c2cc(S(=O)(=O)NC3(C)CC3)c(NCC#C)cc2N2C1=N[C@H]1CCC[C@H]12. The number of hydrogen-bond acceptors (Lipinski definition) is 7. The van der Waals surface area contributed by atoms with Crippen LogP contribution in [0.4, 0.5) is 11.4 Å². The lowest BCUT2D eigenvalue weighted by atomic mass is 10.0. The maximum absolute atomic E-state index is 14.1. The van der Waals surface area contributed by atoms with Gasteiger partial charge in [0.25, 0.3) is 5.91 Å². The summed E-state index contributed by atoms with van der Waals surface area (Å²) in [6.07, 6.45) is 12.4. The highest BCUT2D eigenvalue weighted by atomic mass is 32.2. The van der Waals surface area contributed by atoms with Crippen LogP contribution in [0.1, 0.15) is 57.7 Å². The van der Waals surface area contributed by atoms with Crippen molar-refractivity contribution in [2.45, 2.75) is 68.0 Å². The Hall–Kier alpha value is -3.36. The maximum Gasteiger partial charge on any atom is 0.263 e. The van der Waals surface area contributed by atoms with Crippen LogP contribution in [0.3, 0.4) is 0 Å². The van der Waals surface area contributed by atoms with Crippen molar-refractivity contribution in [3.8, 4) is 12.3 Å². The van der Waals surface area contributed by atoms with Gasteiger partial charge >= 0.3 is 0 Å². The molecule has 2 fully saturated rings. The van der Waals surface area contributed by atoms with Crippen LogP contribution in [-0.4, -0.2) is 59.1 Å². The van der Waals surface area contributed by atoms with Crippen molar-refractivity contribution in [3.63, 3.8) is 0 Å². The summed E-state index contributed by atoms with van der Waals surface area (Å²) >= 11 is 0. The molecule has 10 nitrogen and oxygen atoms in total. The molecule has 3 heterocycles. The highest BCUT2D eigenvalue weighted by molar-refractivity contribution is 7.89. The summed E-state index contributed by atoms with van der Waals surface area (Å²) in [4.78, 5) is 21.8. The lowest BCUT2D eigenvalue weighted by Crippen LogP contribution is -2.52. The van der Waals surface area contributed by atoms with E-state index in [0.717, 1.165) is 37.0 Å². The van der Waals surface area contributed by atoms with E-state index in [-0.39, 0.29) is 46.3 Å². The number of hydrogen-bond donors (Lipinski definition) is 2. The number of nitrogens with zero attached hydrogens (tertiary/aromatic N) is 5. The number of nitrogens with one attached hydrogen (secondary N) is 2. The molecule has 0 saturated heterocycles. The molecule has 2 N–H and O–H groups in total. The molecule has 0 bridgehead atoms. The lowest BCUT2D eigenvalue weighted by Gasteiger charge is -2.39. The Morgan fingerprint density at radius 2 is 2.14 bits per heavy atom. The second-order valence-electron chi connectivity index (χ2n) is 10.1. The van der Waals surface area contributed by atoms with Crippen LogP contribution in [0.5, 0.6) is 0 Å². The molecule has 0 radical (unpaired) electrons. The van der Waals surface area contributed by atoms with Crippen LogP contribution in [0, 0.1) is 12.3 Å². The molecule has 188 valence electrons. The molecule has 36 heavy (non-hydrogen) atoms. The van der Waals surface area contributed by atoms with E-state index in [1.165, 1.54) is 23.1 Å². The Kier molecular flexibility index (Phi) is 4.67. The van der Waals surface area contributed by atoms with Crippen LogP contribution in [-0.2, 0) is 23.6 Å². The summed E-state index contributed by atoms with van der Waals surface area (Å²) < 4.78 is 49.2. The summed E-state index contributed by atoms with van der Waals surface area (Å²) in [6.45, 7) is -0.354. The molecule has 2 aliphatic carbocycles. The van der Waals surface area contributed by atoms with Crippen molar-refractivity contribution in [1.29, 1.82) is 0 Å². The second kappa shape index (κ2) is 8.08. The number of carbonyl (C=O) groups is 1. The van der Waals surface area contributed by atoms with Gasteiger partial charge in [-0.05, 0) is 51.2 Å². The monoisotopic (exact) mass is 509 g/mol. The Balaban J connectivity index is 1.54. The number of benzene rings is 1. The van der Waals surface area contributed by atoms with Gasteiger partial charge < -0.3 is 10.2 Å². The zero-order valence-electron chi connectivity index (χ0n) is 22.2. The number of aliphatic imine (C=N–C) groups is 1. The highest BCUT2D eigenvalue weighted by Crippen LogP contribution is 2.44. The zero-order valence-corrected chi connectivity index (χ0v) is 21.0. The fraction of sp³-hybridized carbons (Fsp3) is 0.480. The van der Waals surface area contributed by atoms with Crippen LogP contribution in [0.25, 0.3) is 0 Å². The number of sulfonamides is 1. The minimum atomic E-state index is -4.02. The minimum Gasteiger partial charge on any atom is -0.373 e. The number of amides is 1. The molecule has 2 atom stereocenters. The highest BCUT2D eigenvalue weighted by Gasteiger charge is 2.48. The Morgan fingerprint density at radius 1 is 1.33 bits per heavy atom. The van der Waals surface area contributed by atoms with Gasteiger partial charge in [0.15, 0.2) is 0 Å². The predicted octanol–water partition coefficient (Wildman–Crippen LogP) is 2.05. The van der Waals surface area contributed by atoms with Gasteiger partial charge in [0, 0.05) is 24.3 Å². The topological polar surface area (TPSA) is 112 Å². The number of anilines is 2. The first-order valence-corrected chi connectivity index (χ1v) is 13.5. The van der Waals surface area contributed by atoms with E-state index in [9.17, 15) is 13.2 Å². The molecule has 2 aromatic rings. The van der Waals surface area contributed by atoms with Gasteiger partial charge in [-0.3, -0.25) is 14.4 Å². The minimum absolute atomic E-state index is 0.0597. The van der Waals surface area contributed by atoms with Gasteiger partial charge in [-0.15, -0.1) is 6.42 Å². The van der Waals surface area contributed by atoms with E-state index in [2.05, 4.69) is 21.1 Å². The number of terminal acetylenes is 1. The van der Waals surface area contributed by atoms with E-state index in [1.807, 2.05) is 11.8 Å². The average Bonchev–Trinajstić information content (AvgIpc) is 3.21. The van der Waals surface area contributed by atoms with Gasteiger partial charge in [-0.1, -0.05) is 5.92 Å². The third-order valence-electron chi connectivity index (χ3n) is 7.26. The van der Waals surface area contributed by atoms with Crippen molar-refractivity contribution >= 4 is 33.3 Å². The van der Waals surface area contributed by atoms with Gasteiger partial charge in [0.1, 0.15) is 4.90 Å². The molecule has 0 unspecified atom stereocenters. The normalized spacial score (nSPS) is 24.8. The molecule has 1 aromatic carbocycles. The Morgan fingerprint density at radius 3 is 2.83 bits per heavy atom. The van der Waals surface area contributed by atoms with Crippen molar-refractivity contribution in [2.24, 2.45) is 12.0 Å². The third kappa shape index (κ3) is 3.76. The molecule has 1 aromatic heterocycles. The molecule has 6 rings (SSSR count). The quantitative estimate of drug-likeness (QED) is 0.553. The third-order valence-corrected chi connectivity index (χ3v) is 8.94. The second-order valence-corrected chi connectivity index (χ2v) is 11.8. The van der Waals surface area contributed by atoms with E-state index < -0.39 is 28.0 Å². The average molecular weight is 510 g/mol. The van der Waals surface area contributed by atoms with Gasteiger partial charge in [-0.25, -0.2) is 18.1 Å². The van der Waals surface area contributed by atoms with Crippen molar-refractivity contribution < 1.29 is 16.0 Å². The summed E-state index contributed by atoms with van der Waals surface area (Å²) in [5, 5.41) is 7.11. The van der Waals surface area contributed by atoms with Crippen LogP contribution < -0.4 is 14.9 Å². The molecular weight excluding hydrogens is 478 g/mol. The summed E-state index contributed by atoms with van der Waals surface area (Å²) in [5.41, 5.74) is 0.544. The molecule has 11 heteroatoms. The number of carbonyl (C=O) groups excluding carboxylic acids is 1. The first-order chi connectivity index (χ1) is 17.9. The molecule has 4 aliphatic rings. The smallest absolute Gasteiger partial charge is 0.263 e. The Bertz CT molecular complexity index is 1520. The van der Waals surface area contributed by atoms with Crippen LogP contribution in [0.15, 0.2) is 34.4 Å². The van der Waals surface area contributed by atoms with E-state index >= 15 is 0 Å². The zero-order chi connectivity index (χ0) is 27.0. The van der Waals surface area contributed by atoms with Gasteiger partial charge in [-0.2, -0.15) is 5.10 Å². The first kappa shape index (κ1) is 20.8. The summed E-state index contributed by atoms with van der Waals surface area (Å²) in [5.74, 6) is 2.04. The number of aryl methyl sites for hydroxylation is 1. The lowest BCUT2D eigenvalue weighted by molar-refractivity contribution is 0.0832. The fourth-order valence-corrected chi connectivity index (χ4v) is 6.87.